The van der Waals surface area contributed by atoms with Gasteiger partial charge in [0, 0.05) is 44.5 Å². The highest BCUT2D eigenvalue weighted by Gasteiger charge is 2.35. The van der Waals surface area contributed by atoms with Crippen molar-refractivity contribution >= 4 is 11.6 Å². The van der Waals surface area contributed by atoms with Crippen LogP contribution in [0.5, 0.6) is 0 Å². The van der Waals surface area contributed by atoms with Crippen LogP contribution in [0.4, 0.5) is 5.69 Å². The molecule has 1 amide bonds. The van der Waals surface area contributed by atoms with E-state index in [2.05, 4.69) is 4.90 Å². The van der Waals surface area contributed by atoms with Gasteiger partial charge < -0.3 is 24.0 Å². The van der Waals surface area contributed by atoms with Crippen LogP contribution in [0.2, 0.25) is 0 Å². The van der Waals surface area contributed by atoms with Gasteiger partial charge in [-0.15, -0.1) is 0 Å². The molecule has 6 nitrogen and oxygen atoms in total. The molecule has 25 heavy (non-hydrogen) atoms. The van der Waals surface area contributed by atoms with Crippen molar-refractivity contribution in [2.24, 2.45) is 0 Å². The molecule has 0 radical (unpaired) electrons. The molecule has 0 unspecified atom stereocenters. The third kappa shape index (κ3) is 4.51. The first-order valence-electron chi connectivity index (χ1n) is 8.87. The second-order valence-corrected chi connectivity index (χ2v) is 7.29. The summed E-state index contributed by atoms with van der Waals surface area (Å²) in [7, 11) is 1.65. The molecule has 6 heteroatoms. The van der Waals surface area contributed by atoms with E-state index in [-0.39, 0.29) is 17.6 Å². The molecule has 2 fully saturated rings. The number of hydrogen-bond acceptors (Lipinski definition) is 5. The molecule has 138 valence electrons. The summed E-state index contributed by atoms with van der Waals surface area (Å²) in [5.74, 6) is 0.0472. The van der Waals surface area contributed by atoms with Gasteiger partial charge in [-0.1, -0.05) is 0 Å². The standard InChI is InChI=1S/C19H28N2O4/c1-19(2)14-21(12-17(25-19)13-23-3)18(22)15-4-6-16(7-5-15)20-8-10-24-11-9-20/h4-7,17H,8-14H2,1-3H3/t17-/m1/s1. The number of hydrogen-bond donors (Lipinski definition) is 0. The molecule has 1 aromatic rings. The lowest BCUT2D eigenvalue weighted by atomic mass is 10.0. The highest BCUT2D eigenvalue weighted by molar-refractivity contribution is 5.94. The summed E-state index contributed by atoms with van der Waals surface area (Å²) in [6.07, 6.45) is -0.0923. The summed E-state index contributed by atoms with van der Waals surface area (Å²) < 4.78 is 16.6. The number of rotatable bonds is 4. The van der Waals surface area contributed by atoms with Gasteiger partial charge in [-0.25, -0.2) is 0 Å². The number of methoxy groups -OCH3 is 1. The van der Waals surface area contributed by atoms with Crippen LogP contribution in [0.3, 0.4) is 0 Å². The van der Waals surface area contributed by atoms with E-state index in [0.717, 1.165) is 32.0 Å². The number of nitrogens with zero attached hydrogens (tertiary/aromatic N) is 2. The second-order valence-electron chi connectivity index (χ2n) is 7.29. The van der Waals surface area contributed by atoms with Crippen LogP contribution < -0.4 is 4.90 Å². The van der Waals surface area contributed by atoms with E-state index in [4.69, 9.17) is 14.2 Å². The van der Waals surface area contributed by atoms with E-state index in [1.54, 1.807) is 7.11 Å². The number of carbonyl (C=O) groups is 1. The average molecular weight is 348 g/mol. The first-order chi connectivity index (χ1) is 12.0. The van der Waals surface area contributed by atoms with Gasteiger partial charge in [0.2, 0.25) is 0 Å². The smallest absolute Gasteiger partial charge is 0.254 e. The van der Waals surface area contributed by atoms with Crippen molar-refractivity contribution in [3.8, 4) is 0 Å². The summed E-state index contributed by atoms with van der Waals surface area (Å²) in [4.78, 5) is 17.1. The number of morpholine rings is 2. The molecule has 2 heterocycles. The zero-order valence-corrected chi connectivity index (χ0v) is 15.4. The van der Waals surface area contributed by atoms with Crippen LogP contribution >= 0.6 is 0 Å². The van der Waals surface area contributed by atoms with E-state index in [0.29, 0.717) is 25.3 Å². The Balaban J connectivity index is 1.69. The molecule has 1 aromatic carbocycles. The van der Waals surface area contributed by atoms with Gasteiger partial charge in [-0.2, -0.15) is 0 Å². The Hall–Kier alpha value is -1.63. The first kappa shape index (κ1) is 18.2. The minimum Gasteiger partial charge on any atom is -0.382 e. The van der Waals surface area contributed by atoms with E-state index in [1.807, 2.05) is 43.0 Å². The maximum Gasteiger partial charge on any atom is 0.254 e. The molecule has 0 aromatic heterocycles. The van der Waals surface area contributed by atoms with Crippen molar-refractivity contribution in [1.29, 1.82) is 0 Å². The third-order valence-corrected chi connectivity index (χ3v) is 4.61. The van der Waals surface area contributed by atoms with Gasteiger partial charge >= 0.3 is 0 Å². The van der Waals surface area contributed by atoms with Gasteiger partial charge in [0.15, 0.2) is 0 Å². The average Bonchev–Trinajstić information content (AvgIpc) is 2.61. The monoisotopic (exact) mass is 348 g/mol. The van der Waals surface area contributed by atoms with Crippen LogP contribution in [0.25, 0.3) is 0 Å². The molecule has 2 aliphatic rings. The SMILES string of the molecule is COC[C@H]1CN(C(=O)c2ccc(N3CCOCC3)cc2)CC(C)(C)O1. The molecular weight excluding hydrogens is 320 g/mol. The number of amides is 1. The third-order valence-electron chi connectivity index (χ3n) is 4.61. The van der Waals surface area contributed by atoms with Crippen molar-refractivity contribution in [3.05, 3.63) is 29.8 Å². The minimum absolute atomic E-state index is 0.0472. The second kappa shape index (κ2) is 7.72. The van der Waals surface area contributed by atoms with Crippen LogP contribution in [-0.4, -0.2) is 75.6 Å². The van der Waals surface area contributed by atoms with Gasteiger partial charge in [0.25, 0.3) is 5.91 Å². The highest BCUT2D eigenvalue weighted by atomic mass is 16.5. The van der Waals surface area contributed by atoms with Gasteiger partial charge in [0.1, 0.15) is 0 Å². The number of anilines is 1. The summed E-state index contributed by atoms with van der Waals surface area (Å²) in [5.41, 5.74) is 1.48. The highest BCUT2D eigenvalue weighted by Crippen LogP contribution is 2.24. The molecule has 2 aliphatic heterocycles. The fourth-order valence-electron chi connectivity index (χ4n) is 3.54. The molecule has 3 rings (SSSR count). The normalized spacial score (nSPS) is 23.6. The summed E-state index contributed by atoms with van der Waals surface area (Å²) in [6, 6.07) is 7.88. The molecule has 0 aliphatic carbocycles. The van der Waals surface area contributed by atoms with Gasteiger partial charge in [-0.05, 0) is 38.1 Å². The van der Waals surface area contributed by atoms with E-state index >= 15 is 0 Å². The summed E-state index contributed by atoms with van der Waals surface area (Å²) in [6.45, 7) is 8.94. The molecule has 0 saturated carbocycles. The maximum atomic E-state index is 12.9. The minimum atomic E-state index is -0.370. The largest absolute Gasteiger partial charge is 0.382 e. The number of ether oxygens (including phenoxy) is 3. The Labute approximate surface area is 149 Å². The predicted octanol–water partition coefficient (Wildman–Crippen LogP) is 1.79. The Morgan fingerprint density at radius 1 is 1.24 bits per heavy atom. The fraction of sp³-hybridized carbons (Fsp3) is 0.632. The van der Waals surface area contributed by atoms with E-state index in [1.165, 1.54) is 0 Å². The molecular formula is C19H28N2O4. The molecule has 1 atom stereocenters. The van der Waals surface area contributed by atoms with Crippen LogP contribution in [-0.2, 0) is 14.2 Å². The van der Waals surface area contributed by atoms with Crippen molar-refractivity contribution < 1.29 is 19.0 Å². The van der Waals surface area contributed by atoms with Crippen LogP contribution in [0.15, 0.2) is 24.3 Å². The molecule has 0 spiro atoms. The topological polar surface area (TPSA) is 51.2 Å². The van der Waals surface area contributed by atoms with Crippen molar-refractivity contribution in [2.45, 2.75) is 25.6 Å². The Kier molecular flexibility index (Phi) is 5.61. The van der Waals surface area contributed by atoms with Crippen molar-refractivity contribution in [2.75, 3.05) is 58.0 Å². The zero-order chi connectivity index (χ0) is 17.9. The Morgan fingerprint density at radius 2 is 1.92 bits per heavy atom. The molecule has 0 bridgehead atoms. The first-order valence-corrected chi connectivity index (χ1v) is 8.87. The van der Waals surface area contributed by atoms with Crippen LogP contribution in [0, 0.1) is 0 Å². The van der Waals surface area contributed by atoms with Gasteiger partial charge in [0.05, 0.1) is 31.5 Å². The van der Waals surface area contributed by atoms with E-state index < -0.39 is 0 Å². The molecule has 0 N–H and O–H groups in total. The van der Waals surface area contributed by atoms with Crippen molar-refractivity contribution in [1.82, 2.24) is 4.90 Å². The Bertz CT molecular complexity index is 582. The maximum absolute atomic E-state index is 12.9. The summed E-state index contributed by atoms with van der Waals surface area (Å²) >= 11 is 0. The van der Waals surface area contributed by atoms with Gasteiger partial charge in [-0.3, -0.25) is 4.79 Å². The zero-order valence-electron chi connectivity index (χ0n) is 15.4. The fourth-order valence-corrected chi connectivity index (χ4v) is 3.54. The molecule has 2 saturated heterocycles. The predicted molar refractivity (Wildman–Crippen MR) is 96.2 cm³/mol. The number of carbonyl (C=O) groups excluding carboxylic acids is 1. The Morgan fingerprint density at radius 3 is 2.56 bits per heavy atom. The lowest BCUT2D eigenvalue weighted by Gasteiger charge is -2.42. The van der Waals surface area contributed by atoms with Crippen LogP contribution in [0.1, 0.15) is 24.2 Å². The van der Waals surface area contributed by atoms with Crippen molar-refractivity contribution in [3.63, 3.8) is 0 Å². The number of benzene rings is 1. The quantitative estimate of drug-likeness (QED) is 0.830. The van der Waals surface area contributed by atoms with E-state index in [9.17, 15) is 4.79 Å². The summed E-state index contributed by atoms with van der Waals surface area (Å²) in [5, 5.41) is 0. The lowest BCUT2D eigenvalue weighted by molar-refractivity contribution is -0.143. The lowest BCUT2D eigenvalue weighted by Crippen LogP contribution is -2.55.